The summed E-state index contributed by atoms with van der Waals surface area (Å²) in [7, 11) is 0. The number of fused-ring (bicyclic) bond motifs is 1. The van der Waals surface area contributed by atoms with Gasteiger partial charge in [0, 0.05) is 5.92 Å². The molecule has 0 radical (unpaired) electrons. The van der Waals surface area contributed by atoms with Crippen molar-refractivity contribution in [1.29, 1.82) is 5.26 Å². The van der Waals surface area contributed by atoms with Crippen LogP contribution in [0.3, 0.4) is 0 Å². The zero-order valence-electron chi connectivity index (χ0n) is 12.0. The van der Waals surface area contributed by atoms with Gasteiger partial charge in [-0.05, 0) is 67.9 Å². The molecule has 4 fully saturated rings. The molecule has 4 bridgehead atoms. The molecule has 3 heteroatoms. The van der Waals surface area contributed by atoms with Crippen molar-refractivity contribution in [3.8, 4) is 6.07 Å². The number of H-pyrrole nitrogens is 1. The fourth-order valence-electron chi connectivity index (χ4n) is 5.67. The summed E-state index contributed by atoms with van der Waals surface area (Å²) in [5, 5.41) is 9.25. The fraction of sp³-hybridized carbons (Fsp3) is 0.556. The molecule has 1 aromatic heterocycles. The van der Waals surface area contributed by atoms with Crippen LogP contribution in [0.25, 0.3) is 11.0 Å². The zero-order valence-corrected chi connectivity index (χ0v) is 12.0. The second kappa shape index (κ2) is 4.10. The molecule has 0 amide bonds. The van der Waals surface area contributed by atoms with Gasteiger partial charge < -0.3 is 4.98 Å². The van der Waals surface area contributed by atoms with Crippen molar-refractivity contribution >= 4 is 11.0 Å². The van der Waals surface area contributed by atoms with Crippen LogP contribution in [0.5, 0.6) is 0 Å². The lowest BCUT2D eigenvalue weighted by molar-refractivity contribution is -0.00528. The van der Waals surface area contributed by atoms with Crippen molar-refractivity contribution < 1.29 is 0 Å². The highest BCUT2D eigenvalue weighted by molar-refractivity contribution is 5.81. The molecule has 0 unspecified atom stereocenters. The summed E-state index contributed by atoms with van der Waals surface area (Å²) in [6.45, 7) is 0. The van der Waals surface area contributed by atoms with Crippen LogP contribution in [0.2, 0.25) is 0 Å². The molecule has 21 heavy (non-hydrogen) atoms. The minimum atomic E-state index is 0.608. The van der Waals surface area contributed by atoms with Gasteiger partial charge in [-0.25, -0.2) is 4.98 Å². The lowest BCUT2D eigenvalue weighted by Gasteiger charge is -2.53. The second-order valence-electron chi connectivity index (χ2n) is 7.39. The van der Waals surface area contributed by atoms with Gasteiger partial charge in [-0.1, -0.05) is 6.07 Å². The molecule has 0 spiro atoms. The van der Waals surface area contributed by atoms with Crippen LogP contribution in [0.1, 0.15) is 49.4 Å². The largest absolute Gasteiger partial charge is 0.342 e. The predicted molar refractivity (Wildman–Crippen MR) is 80.6 cm³/mol. The number of para-hydroxylation sites is 1. The number of rotatable bonds is 1. The van der Waals surface area contributed by atoms with Gasteiger partial charge in [0.1, 0.15) is 17.4 Å². The Bertz CT molecular complexity index is 723. The van der Waals surface area contributed by atoms with Crippen LogP contribution in [-0.4, -0.2) is 9.97 Å². The number of nitrogens with zero attached hydrogens (tertiary/aromatic N) is 2. The van der Waals surface area contributed by atoms with Crippen molar-refractivity contribution in [2.24, 2.45) is 23.7 Å². The number of aromatic amines is 1. The van der Waals surface area contributed by atoms with Gasteiger partial charge in [0.15, 0.2) is 0 Å². The zero-order chi connectivity index (χ0) is 14.0. The second-order valence-corrected chi connectivity index (χ2v) is 7.39. The topological polar surface area (TPSA) is 52.5 Å². The molecule has 3 nitrogen and oxygen atoms in total. The molecule has 1 aromatic carbocycles. The van der Waals surface area contributed by atoms with Crippen LogP contribution in [0.4, 0.5) is 0 Å². The number of nitrogens with one attached hydrogen (secondary N) is 1. The fourth-order valence-corrected chi connectivity index (χ4v) is 5.67. The van der Waals surface area contributed by atoms with Gasteiger partial charge in [0.05, 0.1) is 11.1 Å². The predicted octanol–water partition coefficient (Wildman–Crippen LogP) is 3.97. The van der Waals surface area contributed by atoms with Crippen LogP contribution >= 0.6 is 0 Å². The first-order valence-electron chi connectivity index (χ1n) is 8.20. The van der Waals surface area contributed by atoms with E-state index in [9.17, 15) is 5.26 Å². The third kappa shape index (κ3) is 1.62. The molecule has 0 aliphatic heterocycles. The maximum Gasteiger partial charge on any atom is 0.110 e. The lowest BCUT2D eigenvalue weighted by Crippen LogP contribution is -2.44. The number of imidazole rings is 1. The number of hydrogen-bond acceptors (Lipinski definition) is 2. The van der Waals surface area contributed by atoms with Crippen LogP contribution in [0.15, 0.2) is 18.2 Å². The highest BCUT2D eigenvalue weighted by Crippen LogP contribution is 2.59. The normalized spacial score (nSPS) is 37.0. The molecule has 0 atom stereocenters. The van der Waals surface area contributed by atoms with E-state index in [1.807, 2.05) is 18.2 Å². The average Bonchev–Trinajstić information content (AvgIpc) is 2.89. The standard InChI is InChI=1S/C18H19N3/c19-9-12-2-1-3-15-17(12)21-18(20-15)16-13-5-10-4-11(7-13)8-14(16)6-10/h1-3,10-11,13-14,16H,4-8H2,(H,20,21). The Balaban J connectivity index is 1.60. The van der Waals surface area contributed by atoms with E-state index in [-0.39, 0.29) is 0 Å². The third-order valence-electron chi connectivity index (χ3n) is 6.19. The average molecular weight is 277 g/mol. The molecule has 2 aromatic rings. The Morgan fingerprint density at radius 1 is 1.05 bits per heavy atom. The van der Waals surface area contributed by atoms with Gasteiger partial charge in [0.25, 0.3) is 0 Å². The van der Waals surface area contributed by atoms with Crippen LogP contribution in [-0.2, 0) is 0 Å². The first-order valence-corrected chi connectivity index (χ1v) is 8.20. The summed E-state index contributed by atoms with van der Waals surface area (Å²) < 4.78 is 0. The summed E-state index contributed by atoms with van der Waals surface area (Å²) in [5.41, 5.74) is 2.58. The number of benzene rings is 1. The summed E-state index contributed by atoms with van der Waals surface area (Å²) in [6, 6.07) is 8.12. The van der Waals surface area contributed by atoms with Gasteiger partial charge in [0.2, 0.25) is 0 Å². The summed E-state index contributed by atoms with van der Waals surface area (Å²) in [5.74, 6) is 5.39. The van der Waals surface area contributed by atoms with E-state index in [2.05, 4.69) is 11.1 Å². The monoisotopic (exact) mass is 277 g/mol. The van der Waals surface area contributed by atoms with Crippen molar-refractivity contribution in [2.45, 2.75) is 38.0 Å². The Kier molecular flexibility index (Phi) is 2.30. The molecule has 1 N–H and O–H groups in total. The van der Waals surface area contributed by atoms with Crippen LogP contribution in [0, 0.1) is 35.0 Å². The van der Waals surface area contributed by atoms with Crippen molar-refractivity contribution in [3.63, 3.8) is 0 Å². The number of hydrogen-bond donors (Lipinski definition) is 1. The Labute approximate surface area is 124 Å². The van der Waals surface area contributed by atoms with E-state index in [0.29, 0.717) is 11.5 Å². The van der Waals surface area contributed by atoms with E-state index in [1.54, 1.807) is 0 Å². The molecular weight excluding hydrogens is 258 g/mol. The smallest absolute Gasteiger partial charge is 0.110 e. The first-order chi connectivity index (χ1) is 10.3. The van der Waals surface area contributed by atoms with E-state index < -0.39 is 0 Å². The molecular formula is C18H19N3. The highest BCUT2D eigenvalue weighted by atomic mass is 14.9. The Hall–Kier alpha value is -1.82. The van der Waals surface area contributed by atoms with Crippen molar-refractivity contribution in [1.82, 2.24) is 9.97 Å². The van der Waals surface area contributed by atoms with Gasteiger partial charge in [-0.15, -0.1) is 0 Å². The molecule has 4 aliphatic rings. The van der Waals surface area contributed by atoms with E-state index in [0.717, 1.165) is 40.5 Å². The molecule has 4 aliphatic carbocycles. The molecule has 1 heterocycles. The number of aromatic nitrogens is 2. The first kappa shape index (κ1) is 11.8. The molecule has 0 saturated heterocycles. The summed E-state index contributed by atoms with van der Waals surface area (Å²) >= 11 is 0. The minimum Gasteiger partial charge on any atom is -0.342 e. The van der Waals surface area contributed by atoms with Gasteiger partial charge >= 0.3 is 0 Å². The van der Waals surface area contributed by atoms with Gasteiger partial charge in [-0.2, -0.15) is 5.26 Å². The Morgan fingerprint density at radius 3 is 2.43 bits per heavy atom. The highest BCUT2D eigenvalue weighted by Gasteiger charge is 2.49. The summed E-state index contributed by atoms with van der Waals surface area (Å²) in [4.78, 5) is 8.39. The maximum atomic E-state index is 9.25. The Morgan fingerprint density at radius 2 is 1.76 bits per heavy atom. The molecule has 6 rings (SSSR count). The minimum absolute atomic E-state index is 0.608. The SMILES string of the molecule is N#Cc1cccc2[nH]c(C3C4CC5CC(C4)CC3C5)nc12. The lowest BCUT2D eigenvalue weighted by atomic mass is 9.52. The molecule has 4 saturated carbocycles. The van der Waals surface area contributed by atoms with Crippen molar-refractivity contribution in [3.05, 3.63) is 29.6 Å². The number of nitriles is 1. The van der Waals surface area contributed by atoms with E-state index in [1.165, 1.54) is 32.1 Å². The van der Waals surface area contributed by atoms with E-state index in [4.69, 9.17) is 4.98 Å². The third-order valence-corrected chi connectivity index (χ3v) is 6.19. The molecule has 106 valence electrons. The van der Waals surface area contributed by atoms with Crippen molar-refractivity contribution in [2.75, 3.05) is 0 Å². The van der Waals surface area contributed by atoms with Gasteiger partial charge in [-0.3, -0.25) is 0 Å². The summed E-state index contributed by atoms with van der Waals surface area (Å²) in [6.07, 6.45) is 7.09. The van der Waals surface area contributed by atoms with Crippen LogP contribution < -0.4 is 0 Å². The quantitative estimate of drug-likeness (QED) is 0.857. The van der Waals surface area contributed by atoms with E-state index >= 15 is 0 Å². The maximum absolute atomic E-state index is 9.25.